The predicted octanol–water partition coefficient (Wildman–Crippen LogP) is 4.10. The van der Waals surface area contributed by atoms with Crippen LogP contribution < -0.4 is 19.6 Å². The first kappa shape index (κ1) is 19.8. The molecule has 140 valence electrons. The first-order chi connectivity index (χ1) is 12.6. The summed E-state index contributed by atoms with van der Waals surface area (Å²) in [5.74, 6) is 1.12. The molecule has 0 atom stereocenters. The van der Waals surface area contributed by atoms with E-state index in [0.717, 1.165) is 10.6 Å². The average molecular weight is 376 g/mol. The standard InChI is InChI=1S/C19H24N2O4S/c1-5-23-15-11-14(12-16(24-6-2)18(15)25-7-3)19(22)21-20-13(4)17-9-8-10-26-17/h8-12H,5-7H2,1-4H3,(H,21,22)/b20-13+. The van der Waals surface area contributed by atoms with Crippen LogP contribution in [0.4, 0.5) is 0 Å². The van der Waals surface area contributed by atoms with Gasteiger partial charge in [0.25, 0.3) is 5.91 Å². The Morgan fingerprint density at radius 3 is 2.19 bits per heavy atom. The minimum absolute atomic E-state index is 0.342. The van der Waals surface area contributed by atoms with Crippen LogP contribution in [0.15, 0.2) is 34.7 Å². The number of amides is 1. The fraction of sp³-hybridized carbons (Fsp3) is 0.368. The van der Waals surface area contributed by atoms with E-state index in [-0.39, 0.29) is 5.91 Å². The molecule has 1 aromatic carbocycles. The number of benzene rings is 1. The molecule has 1 heterocycles. The largest absolute Gasteiger partial charge is 0.490 e. The van der Waals surface area contributed by atoms with Gasteiger partial charge in [-0.2, -0.15) is 5.10 Å². The van der Waals surface area contributed by atoms with Gasteiger partial charge in [0.1, 0.15) is 0 Å². The first-order valence-corrected chi connectivity index (χ1v) is 9.43. The summed E-state index contributed by atoms with van der Waals surface area (Å²) >= 11 is 1.57. The molecule has 1 N–H and O–H groups in total. The first-order valence-electron chi connectivity index (χ1n) is 8.55. The Morgan fingerprint density at radius 1 is 1.08 bits per heavy atom. The monoisotopic (exact) mass is 376 g/mol. The Labute approximate surface area is 157 Å². The molecule has 0 aliphatic heterocycles. The number of carbonyl (C=O) groups is 1. The van der Waals surface area contributed by atoms with Gasteiger partial charge in [0.2, 0.25) is 5.75 Å². The van der Waals surface area contributed by atoms with Crippen molar-refractivity contribution in [2.45, 2.75) is 27.7 Å². The number of hydrazone groups is 1. The van der Waals surface area contributed by atoms with E-state index in [0.29, 0.717) is 42.6 Å². The van der Waals surface area contributed by atoms with Crippen LogP contribution in [0.25, 0.3) is 0 Å². The molecule has 2 rings (SSSR count). The zero-order chi connectivity index (χ0) is 18.9. The van der Waals surface area contributed by atoms with Gasteiger partial charge in [-0.1, -0.05) is 6.07 Å². The van der Waals surface area contributed by atoms with Gasteiger partial charge in [0.15, 0.2) is 11.5 Å². The molecule has 0 bridgehead atoms. The second kappa shape index (κ2) is 9.82. The summed E-state index contributed by atoms with van der Waals surface area (Å²) in [6.07, 6.45) is 0. The minimum Gasteiger partial charge on any atom is -0.490 e. The fourth-order valence-electron chi connectivity index (χ4n) is 2.26. The number of ether oxygens (including phenoxy) is 3. The Balaban J connectivity index is 2.29. The summed E-state index contributed by atoms with van der Waals surface area (Å²) in [7, 11) is 0. The Hall–Kier alpha value is -2.54. The molecule has 7 heteroatoms. The van der Waals surface area contributed by atoms with E-state index < -0.39 is 0 Å². The van der Waals surface area contributed by atoms with Crippen LogP contribution in [0, 0.1) is 0 Å². The van der Waals surface area contributed by atoms with Crippen LogP contribution in [0.3, 0.4) is 0 Å². The average Bonchev–Trinajstić information content (AvgIpc) is 3.17. The van der Waals surface area contributed by atoms with E-state index >= 15 is 0 Å². The van der Waals surface area contributed by atoms with E-state index in [1.807, 2.05) is 45.2 Å². The second-order valence-electron chi connectivity index (χ2n) is 5.22. The minimum atomic E-state index is -0.342. The lowest BCUT2D eigenvalue weighted by molar-refractivity contribution is 0.0953. The van der Waals surface area contributed by atoms with Crippen LogP contribution in [0.5, 0.6) is 17.2 Å². The molecular formula is C19H24N2O4S. The highest BCUT2D eigenvalue weighted by atomic mass is 32.1. The number of nitrogens with zero attached hydrogens (tertiary/aromatic N) is 1. The Kier molecular flexibility index (Phi) is 7.47. The molecule has 1 amide bonds. The van der Waals surface area contributed by atoms with Crippen LogP contribution in [0.2, 0.25) is 0 Å². The summed E-state index contributed by atoms with van der Waals surface area (Å²) in [6.45, 7) is 8.85. The number of hydrogen-bond acceptors (Lipinski definition) is 6. The lowest BCUT2D eigenvalue weighted by Crippen LogP contribution is -2.19. The zero-order valence-electron chi connectivity index (χ0n) is 15.5. The maximum absolute atomic E-state index is 12.5. The topological polar surface area (TPSA) is 69.2 Å². The third-order valence-corrected chi connectivity index (χ3v) is 4.35. The predicted molar refractivity (Wildman–Crippen MR) is 104 cm³/mol. The lowest BCUT2D eigenvalue weighted by Gasteiger charge is -2.16. The van der Waals surface area contributed by atoms with Crippen LogP contribution >= 0.6 is 11.3 Å². The maximum Gasteiger partial charge on any atom is 0.271 e. The van der Waals surface area contributed by atoms with Gasteiger partial charge in [-0.3, -0.25) is 4.79 Å². The van der Waals surface area contributed by atoms with E-state index in [9.17, 15) is 4.79 Å². The third kappa shape index (κ3) is 4.98. The van der Waals surface area contributed by atoms with E-state index in [2.05, 4.69) is 10.5 Å². The second-order valence-corrected chi connectivity index (χ2v) is 6.16. The van der Waals surface area contributed by atoms with Crippen molar-refractivity contribution in [2.24, 2.45) is 5.10 Å². The summed E-state index contributed by atoms with van der Waals surface area (Å²) in [5, 5.41) is 6.13. The van der Waals surface area contributed by atoms with Crippen molar-refractivity contribution in [1.82, 2.24) is 5.43 Å². The van der Waals surface area contributed by atoms with Gasteiger partial charge in [0.05, 0.1) is 25.5 Å². The molecule has 0 saturated heterocycles. The SMILES string of the molecule is CCOc1cc(C(=O)N/N=C(\C)c2cccs2)cc(OCC)c1OCC. The van der Waals surface area contributed by atoms with Gasteiger partial charge < -0.3 is 14.2 Å². The molecule has 0 radical (unpaired) electrons. The van der Waals surface area contributed by atoms with Gasteiger partial charge in [0, 0.05) is 10.4 Å². The smallest absolute Gasteiger partial charge is 0.271 e. The molecule has 2 aromatic rings. The number of rotatable bonds is 9. The molecule has 0 unspecified atom stereocenters. The van der Waals surface area contributed by atoms with E-state index in [1.165, 1.54) is 0 Å². The molecule has 6 nitrogen and oxygen atoms in total. The van der Waals surface area contributed by atoms with Crippen molar-refractivity contribution in [3.63, 3.8) is 0 Å². The summed E-state index contributed by atoms with van der Waals surface area (Å²) in [5.41, 5.74) is 3.72. The maximum atomic E-state index is 12.5. The Morgan fingerprint density at radius 2 is 1.69 bits per heavy atom. The van der Waals surface area contributed by atoms with Crippen molar-refractivity contribution in [2.75, 3.05) is 19.8 Å². The summed E-state index contributed by atoms with van der Waals surface area (Å²) in [6, 6.07) is 7.17. The van der Waals surface area contributed by atoms with Crippen LogP contribution in [0.1, 0.15) is 42.9 Å². The van der Waals surface area contributed by atoms with E-state index in [4.69, 9.17) is 14.2 Å². The van der Waals surface area contributed by atoms with Crippen molar-refractivity contribution in [3.05, 3.63) is 40.1 Å². The van der Waals surface area contributed by atoms with Crippen molar-refractivity contribution in [1.29, 1.82) is 0 Å². The Bertz CT molecular complexity index is 730. The molecule has 0 aliphatic rings. The molecule has 26 heavy (non-hydrogen) atoms. The quantitative estimate of drug-likeness (QED) is 0.528. The van der Waals surface area contributed by atoms with Crippen molar-refractivity contribution < 1.29 is 19.0 Å². The van der Waals surface area contributed by atoms with Gasteiger partial charge in [-0.15, -0.1) is 11.3 Å². The number of carbonyl (C=O) groups excluding carboxylic acids is 1. The normalized spacial score (nSPS) is 11.2. The molecular weight excluding hydrogens is 352 g/mol. The number of thiophene rings is 1. The van der Waals surface area contributed by atoms with Crippen molar-refractivity contribution >= 4 is 23.0 Å². The number of hydrogen-bond donors (Lipinski definition) is 1. The summed E-state index contributed by atoms with van der Waals surface area (Å²) < 4.78 is 16.9. The van der Waals surface area contributed by atoms with Crippen LogP contribution in [-0.2, 0) is 0 Å². The molecule has 0 fully saturated rings. The highest BCUT2D eigenvalue weighted by Gasteiger charge is 2.18. The van der Waals surface area contributed by atoms with Gasteiger partial charge >= 0.3 is 0 Å². The third-order valence-electron chi connectivity index (χ3n) is 3.37. The molecule has 0 saturated carbocycles. The highest BCUT2D eigenvalue weighted by Crippen LogP contribution is 2.39. The summed E-state index contributed by atoms with van der Waals surface area (Å²) in [4.78, 5) is 13.5. The van der Waals surface area contributed by atoms with E-state index in [1.54, 1.807) is 23.5 Å². The highest BCUT2D eigenvalue weighted by molar-refractivity contribution is 7.12. The number of nitrogens with one attached hydrogen (secondary N) is 1. The van der Waals surface area contributed by atoms with Gasteiger partial charge in [-0.25, -0.2) is 5.43 Å². The molecule has 0 aliphatic carbocycles. The zero-order valence-corrected chi connectivity index (χ0v) is 16.3. The lowest BCUT2D eigenvalue weighted by atomic mass is 10.1. The van der Waals surface area contributed by atoms with Gasteiger partial charge in [-0.05, 0) is 51.3 Å². The van der Waals surface area contributed by atoms with Crippen LogP contribution in [-0.4, -0.2) is 31.4 Å². The fourth-order valence-corrected chi connectivity index (χ4v) is 2.94. The van der Waals surface area contributed by atoms with Crippen molar-refractivity contribution in [3.8, 4) is 17.2 Å². The molecule has 1 aromatic heterocycles. The molecule has 0 spiro atoms.